The fourth-order valence-corrected chi connectivity index (χ4v) is 2.47. The van der Waals surface area contributed by atoms with Gasteiger partial charge in [0.25, 0.3) is 5.91 Å². The molecule has 0 aliphatic rings. The summed E-state index contributed by atoms with van der Waals surface area (Å²) in [6.45, 7) is 0. The minimum absolute atomic E-state index is 0.325. The van der Waals surface area contributed by atoms with Crippen LogP contribution in [0.1, 0.15) is 10.4 Å². The third kappa shape index (κ3) is 3.84. The molecule has 1 heterocycles. The van der Waals surface area contributed by atoms with Crippen molar-refractivity contribution in [2.24, 2.45) is 0 Å². The van der Waals surface area contributed by atoms with Crippen LogP contribution >= 0.6 is 15.9 Å². The first-order valence-electron chi connectivity index (χ1n) is 5.47. The highest BCUT2D eigenvalue weighted by molar-refractivity contribution is 9.10. The Labute approximate surface area is 124 Å². The number of hydrogen-bond donors (Lipinski definition) is 2. The molecular formula is C12H11BrN2O4S. The van der Waals surface area contributed by atoms with Crippen LogP contribution in [-0.4, -0.2) is 20.6 Å². The van der Waals surface area contributed by atoms with Gasteiger partial charge in [0, 0.05) is 11.4 Å². The molecule has 0 aliphatic heterocycles. The summed E-state index contributed by atoms with van der Waals surface area (Å²) in [6.07, 6.45) is 2.47. The second kappa shape index (κ2) is 5.68. The van der Waals surface area contributed by atoms with Crippen molar-refractivity contribution in [3.8, 4) is 0 Å². The van der Waals surface area contributed by atoms with Crippen molar-refractivity contribution < 1.29 is 17.6 Å². The Hall–Kier alpha value is -1.80. The molecule has 1 aromatic carbocycles. The molecule has 1 aromatic heterocycles. The number of amides is 1. The quantitative estimate of drug-likeness (QED) is 0.879. The van der Waals surface area contributed by atoms with Gasteiger partial charge in [-0.3, -0.25) is 9.52 Å². The van der Waals surface area contributed by atoms with E-state index in [0.717, 1.165) is 6.26 Å². The number of benzene rings is 1. The lowest BCUT2D eigenvalue weighted by molar-refractivity contribution is 0.102. The molecule has 0 aliphatic carbocycles. The van der Waals surface area contributed by atoms with E-state index >= 15 is 0 Å². The number of nitrogens with one attached hydrogen (secondary N) is 2. The number of furan rings is 1. The van der Waals surface area contributed by atoms with Gasteiger partial charge < -0.3 is 9.73 Å². The topological polar surface area (TPSA) is 88.4 Å². The largest absolute Gasteiger partial charge is 0.457 e. The van der Waals surface area contributed by atoms with Gasteiger partial charge >= 0.3 is 0 Å². The molecular weight excluding hydrogens is 348 g/mol. The lowest BCUT2D eigenvalue weighted by atomic mass is 10.2. The van der Waals surface area contributed by atoms with Crippen LogP contribution < -0.4 is 10.0 Å². The number of anilines is 2. The molecule has 0 saturated heterocycles. The number of sulfonamides is 1. The maximum absolute atomic E-state index is 11.9. The Balaban J connectivity index is 2.08. The van der Waals surface area contributed by atoms with Crippen molar-refractivity contribution in [2.45, 2.75) is 0 Å². The molecule has 1 amide bonds. The molecule has 6 nitrogen and oxygen atoms in total. The van der Waals surface area contributed by atoms with E-state index in [4.69, 9.17) is 4.42 Å². The van der Waals surface area contributed by atoms with Crippen LogP contribution in [0.25, 0.3) is 0 Å². The Bertz CT molecular complexity index is 722. The van der Waals surface area contributed by atoms with Crippen LogP contribution in [-0.2, 0) is 10.0 Å². The first kappa shape index (κ1) is 14.6. The van der Waals surface area contributed by atoms with Gasteiger partial charge in [0.15, 0.2) is 4.67 Å². The van der Waals surface area contributed by atoms with Crippen molar-refractivity contribution in [1.29, 1.82) is 0 Å². The molecule has 0 spiro atoms. The SMILES string of the molecule is CS(=O)(=O)Nc1ccc(NC(=O)c2ccoc2Br)cc1. The first-order valence-corrected chi connectivity index (χ1v) is 8.16. The summed E-state index contributed by atoms with van der Waals surface area (Å²) in [6, 6.07) is 7.85. The molecule has 2 aromatic rings. The molecule has 0 saturated carbocycles. The smallest absolute Gasteiger partial charge is 0.260 e. The summed E-state index contributed by atoms with van der Waals surface area (Å²) in [4.78, 5) is 11.9. The van der Waals surface area contributed by atoms with E-state index in [1.165, 1.54) is 6.26 Å². The van der Waals surface area contributed by atoms with Crippen molar-refractivity contribution in [2.75, 3.05) is 16.3 Å². The minimum atomic E-state index is -3.31. The number of carbonyl (C=O) groups excluding carboxylic acids is 1. The maximum atomic E-state index is 11.9. The second-order valence-corrected chi connectivity index (χ2v) is 6.48. The molecule has 2 rings (SSSR count). The third-order valence-corrected chi connectivity index (χ3v) is 3.53. The van der Waals surface area contributed by atoms with E-state index in [2.05, 4.69) is 26.0 Å². The third-order valence-electron chi connectivity index (χ3n) is 2.31. The Morgan fingerprint density at radius 3 is 2.25 bits per heavy atom. The molecule has 20 heavy (non-hydrogen) atoms. The highest BCUT2D eigenvalue weighted by Crippen LogP contribution is 2.20. The molecule has 8 heteroatoms. The van der Waals surface area contributed by atoms with Crippen molar-refractivity contribution in [3.63, 3.8) is 0 Å². The van der Waals surface area contributed by atoms with Crippen LogP contribution in [0.4, 0.5) is 11.4 Å². The van der Waals surface area contributed by atoms with E-state index in [9.17, 15) is 13.2 Å². The van der Waals surface area contributed by atoms with E-state index in [1.54, 1.807) is 30.3 Å². The lowest BCUT2D eigenvalue weighted by Gasteiger charge is -2.06. The van der Waals surface area contributed by atoms with Crippen LogP contribution in [0.5, 0.6) is 0 Å². The molecule has 0 atom stereocenters. The van der Waals surface area contributed by atoms with Gasteiger partial charge in [0.05, 0.1) is 18.1 Å². The molecule has 106 valence electrons. The molecule has 0 bridgehead atoms. The van der Waals surface area contributed by atoms with E-state index in [-0.39, 0.29) is 5.91 Å². The predicted octanol–water partition coefficient (Wildman–Crippen LogP) is 2.67. The maximum Gasteiger partial charge on any atom is 0.260 e. The van der Waals surface area contributed by atoms with Gasteiger partial charge in [-0.2, -0.15) is 0 Å². The van der Waals surface area contributed by atoms with Gasteiger partial charge in [-0.15, -0.1) is 0 Å². The summed E-state index contributed by atoms with van der Waals surface area (Å²) < 4.78 is 29.8. The highest BCUT2D eigenvalue weighted by atomic mass is 79.9. The van der Waals surface area contributed by atoms with Crippen molar-refractivity contribution in [1.82, 2.24) is 0 Å². The molecule has 0 radical (unpaired) electrons. The average molecular weight is 359 g/mol. The van der Waals surface area contributed by atoms with E-state index < -0.39 is 10.0 Å². The predicted molar refractivity (Wildman–Crippen MR) is 79.3 cm³/mol. The Kier molecular flexibility index (Phi) is 4.15. The number of halogens is 1. The summed E-state index contributed by atoms with van der Waals surface area (Å²) in [5, 5.41) is 2.67. The molecule has 2 N–H and O–H groups in total. The second-order valence-electron chi connectivity index (χ2n) is 4.01. The van der Waals surface area contributed by atoms with Crippen LogP contribution in [0.3, 0.4) is 0 Å². The fourth-order valence-electron chi connectivity index (χ4n) is 1.49. The Morgan fingerprint density at radius 2 is 1.75 bits per heavy atom. The van der Waals surface area contributed by atoms with Crippen molar-refractivity contribution >= 4 is 43.2 Å². The zero-order valence-electron chi connectivity index (χ0n) is 10.4. The minimum Gasteiger partial charge on any atom is -0.457 e. The van der Waals surface area contributed by atoms with E-state index in [0.29, 0.717) is 21.6 Å². The molecule has 0 unspecified atom stereocenters. The van der Waals surface area contributed by atoms with Gasteiger partial charge in [-0.1, -0.05) is 0 Å². The summed E-state index contributed by atoms with van der Waals surface area (Å²) in [7, 11) is -3.31. The molecule has 0 fully saturated rings. The summed E-state index contributed by atoms with van der Waals surface area (Å²) >= 11 is 3.12. The van der Waals surface area contributed by atoms with Gasteiger partial charge in [0.1, 0.15) is 0 Å². The lowest BCUT2D eigenvalue weighted by Crippen LogP contribution is -2.12. The van der Waals surface area contributed by atoms with Gasteiger partial charge in [-0.25, -0.2) is 8.42 Å². The monoisotopic (exact) mass is 358 g/mol. The van der Waals surface area contributed by atoms with Gasteiger partial charge in [-0.05, 0) is 46.3 Å². The van der Waals surface area contributed by atoms with E-state index in [1.807, 2.05) is 0 Å². The van der Waals surface area contributed by atoms with Crippen molar-refractivity contribution in [3.05, 3.63) is 46.8 Å². The zero-order valence-corrected chi connectivity index (χ0v) is 12.8. The Morgan fingerprint density at radius 1 is 1.15 bits per heavy atom. The highest BCUT2D eigenvalue weighted by Gasteiger charge is 2.12. The fraction of sp³-hybridized carbons (Fsp3) is 0.0833. The number of carbonyl (C=O) groups is 1. The van der Waals surface area contributed by atoms with Crippen LogP contribution in [0.2, 0.25) is 0 Å². The standard InChI is InChI=1S/C12H11BrN2O4S/c1-20(17,18)15-9-4-2-8(3-5-9)14-12(16)10-6-7-19-11(10)13/h2-7,15H,1H3,(H,14,16). The normalized spacial score (nSPS) is 11.1. The van der Waals surface area contributed by atoms with Crippen LogP contribution in [0, 0.1) is 0 Å². The average Bonchev–Trinajstić information content (AvgIpc) is 2.76. The van der Waals surface area contributed by atoms with Crippen LogP contribution in [0.15, 0.2) is 45.7 Å². The van der Waals surface area contributed by atoms with Gasteiger partial charge in [0.2, 0.25) is 10.0 Å². The number of rotatable bonds is 4. The summed E-state index contributed by atoms with van der Waals surface area (Å²) in [5.41, 5.74) is 1.35. The zero-order chi connectivity index (χ0) is 14.8. The first-order chi connectivity index (χ1) is 9.35. The number of hydrogen-bond acceptors (Lipinski definition) is 4. The summed E-state index contributed by atoms with van der Waals surface area (Å²) in [5.74, 6) is -0.325.